The molecule has 0 aromatic heterocycles. The molecule has 0 spiro atoms. The van der Waals surface area contributed by atoms with Gasteiger partial charge in [0.25, 0.3) is 0 Å². The SMILES string of the molecule is O=C(O)c1ccc(CO)cc1Br. The number of benzene rings is 1. The molecule has 0 unspecified atom stereocenters. The van der Waals surface area contributed by atoms with Gasteiger partial charge in [-0.2, -0.15) is 0 Å². The Labute approximate surface area is 77.8 Å². The molecule has 0 saturated heterocycles. The predicted octanol–water partition coefficient (Wildman–Crippen LogP) is 1.64. The summed E-state index contributed by atoms with van der Waals surface area (Å²) in [5.74, 6) is -0.980. The van der Waals surface area contributed by atoms with Gasteiger partial charge in [-0.25, -0.2) is 4.79 Å². The zero-order valence-electron chi connectivity index (χ0n) is 6.12. The Morgan fingerprint density at radius 3 is 2.58 bits per heavy atom. The lowest BCUT2D eigenvalue weighted by Crippen LogP contribution is -1.98. The van der Waals surface area contributed by atoms with Crippen LogP contribution in [-0.2, 0) is 6.61 Å². The molecule has 0 aliphatic heterocycles. The Morgan fingerprint density at radius 1 is 1.50 bits per heavy atom. The largest absolute Gasteiger partial charge is 0.478 e. The molecule has 4 heteroatoms. The Morgan fingerprint density at radius 2 is 2.17 bits per heavy atom. The van der Waals surface area contributed by atoms with Gasteiger partial charge in [0.2, 0.25) is 0 Å². The van der Waals surface area contributed by atoms with Crippen molar-refractivity contribution in [1.29, 1.82) is 0 Å². The minimum Gasteiger partial charge on any atom is -0.478 e. The quantitative estimate of drug-likeness (QED) is 0.813. The van der Waals surface area contributed by atoms with Crippen LogP contribution in [0, 0.1) is 0 Å². The fourth-order valence-corrected chi connectivity index (χ4v) is 1.43. The summed E-state index contributed by atoms with van der Waals surface area (Å²) >= 11 is 3.10. The molecule has 0 atom stereocenters. The average Bonchev–Trinajstić information content (AvgIpc) is 2.03. The molecule has 1 rings (SSSR count). The second kappa shape index (κ2) is 3.69. The molecule has 0 amide bonds. The first-order valence-corrected chi connectivity index (χ1v) is 4.07. The van der Waals surface area contributed by atoms with E-state index < -0.39 is 5.97 Å². The van der Waals surface area contributed by atoms with Gasteiger partial charge in [-0.1, -0.05) is 6.07 Å². The van der Waals surface area contributed by atoms with Gasteiger partial charge in [0.15, 0.2) is 0 Å². The van der Waals surface area contributed by atoms with Gasteiger partial charge in [0, 0.05) is 4.47 Å². The molecule has 64 valence electrons. The Balaban J connectivity index is 3.12. The first-order valence-electron chi connectivity index (χ1n) is 3.27. The number of rotatable bonds is 2. The number of aliphatic hydroxyl groups excluding tert-OH is 1. The van der Waals surface area contributed by atoms with Crippen molar-refractivity contribution in [2.75, 3.05) is 0 Å². The van der Waals surface area contributed by atoms with Gasteiger partial charge in [-0.3, -0.25) is 0 Å². The number of hydrogen-bond acceptors (Lipinski definition) is 2. The van der Waals surface area contributed by atoms with E-state index in [2.05, 4.69) is 15.9 Å². The summed E-state index contributed by atoms with van der Waals surface area (Å²) in [6.45, 7) is -0.0848. The third-order valence-corrected chi connectivity index (χ3v) is 2.10. The summed E-state index contributed by atoms with van der Waals surface area (Å²) < 4.78 is 0.488. The summed E-state index contributed by atoms with van der Waals surface area (Å²) in [4.78, 5) is 10.5. The molecule has 0 radical (unpaired) electrons. The summed E-state index contributed by atoms with van der Waals surface area (Å²) in [7, 11) is 0. The van der Waals surface area contributed by atoms with Gasteiger partial charge in [0.05, 0.1) is 12.2 Å². The molecule has 1 aromatic rings. The minimum atomic E-state index is -0.980. The maximum Gasteiger partial charge on any atom is 0.336 e. The number of halogens is 1. The maximum absolute atomic E-state index is 10.5. The van der Waals surface area contributed by atoms with Crippen LogP contribution in [0.1, 0.15) is 15.9 Å². The van der Waals surface area contributed by atoms with Crippen LogP contribution in [-0.4, -0.2) is 16.2 Å². The maximum atomic E-state index is 10.5. The van der Waals surface area contributed by atoms with Gasteiger partial charge >= 0.3 is 5.97 Å². The third kappa shape index (κ3) is 1.84. The molecule has 12 heavy (non-hydrogen) atoms. The molecule has 2 N–H and O–H groups in total. The van der Waals surface area contributed by atoms with E-state index in [-0.39, 0.29) is 12.2 Å². The highest BCUT2D eigenvalue weighted by atomic mass is 79.9. The molecule has 0 heterocycles. The van der Waals surface area contributed by atoms with Gasteiger partial charge < -0.3 is 10.2 Å². The van der Waals surface area contributed by atoms with Crippen LogP contribution in [0.4, 0.5) is 0 Å². The summed E-state index contributed by atoms with van der Waals surface area (Å²) in [6.07, 6.45) is 0. The summed E-state index contributed by atoms with van der Waals surface area (Å²) in [6, 6.07) is 4.62. The molecular weight excluding hydrogens is 224 g/mol. The highest BCUT2D eigenvalue weighted by molar-refractivity contribution is 9.10. The van der Waals surface area contributed by atoms with E-state index in [9.17, 15) is 4.79 Å². The Kier molecular flexibility index (Phi) is 2.83. The first kappa shape index (κ1) is 9.22. The van der Waals surface area contributed by atoms with E-state index in [0.29, 0.717) is 10.0 Å². The highest BCUT2D eigenvalue weighted by Gasteiger charge is 2.07. The van der Waals surface area contributed by atoms with Crippen LogP contribution >= 0.6 is 15.9 Å². The van der Waals surface area contributed by atoms with E-state index >= 15 is 0 Å². The van der Waals surface area contributed by atoms with Crippen molar-refractivity contribution in [2.24, 2.45) is 0 Å². The monoisotopic (exact) mass is 230 g/mol. The summed E-state index contributed by atoms with van der Waals surface area (Å²) in [5, 5.41) is 17.4. The van der Waals surface area contributed by atoms with E-state index in [0.717, 1.165) is 0 Å². The number of carboxylic acids is 1. The zero-order chi connectivity index (χ0) is 9.14. The van der Waals surface area contributed by atoms with Gasteiger partial charge in [0.1, 0.15) is 0 Å². The van der Waals surface area contributed by atoms with Crippen molar-refractivity contribution in [3.8, 4) is 0 Å². The highest BCUT2D eigenvalue weighted by Crippen LogP contribution is 2.18. The Bertz CT molecular complexity index is 309. The van der Waals surface area contributed by atoms with Crippen LogP contribution in [0.15, 0.2) is 22.7 Å². The lowest BCUT2D eigenvalue weighted by atomic mass is 10.1. The number of hydrogen-bond donors (Lipinski definition) is 2. The third-order valence-electron chi connectivity index (χ3n) is 1.45. The second-order valence-corrected chi connectivity index (χ2v) is 3.13. The normalized spacial score (nSPS) is 9.83. The van der Waals surface area contributed by atoms with Crippen molar-refractivity contribution in [3.05, 3.63) is 33.8 Å². The van der Waals surface area contributed by atoms with Crippen LogP contribution in [0.3, 0.4) is 0 Å². The first-order chi connectivity index (χ1) is 5.65. The molecular formula is C8H7BrO3. The molecule has 1 aromatic carbocycles. The topological polar surface area (TPSA) is 57.5 Å². The van der Waals surface area contributed by atoms with Crippen molar-refractivity contribution in [2.45, 2.75) is 6.61 Å². The van der Waals surface area contributed by atoms with Crippen molar-refractivity contribution >= 4 is 21.9 Å². The number of aromatic carboxylic acids is 1. The fraction of sp³-hybridized carbons (Fsp3) is 0.125. The molecule has 0 aliphatic carbocycles. The zero-order valence-corrected chi connectivity index (χ0v) is 7.71. The van der Waals surface area contributed by atoms with E-state index in [4.69, 9.17) is 10.2 Å². The summed E-state index contributed by atoms with van der Waals surface area (Å²) in [5.41, 5.74) is 0.888. The molecule has 0 saturated carbocycles. The smallest absolute Gasteiger partial charge is 0.336 e. The van der Waals surface area contributed by atoms with Crippen molar-refractivity contribution in [1.82, 2.24) is 0 Å². The van der Waals surface area contributed by atoms with Gasteiger partial charge in [-0.05, 0) is 33.6 Å². The fourth-order valence-electron chi connectivity index (χ4n) is 0.830. The van der Waals surface area contributed by atoms with Crippen molar-refractivity contribution in [3.63, 3.8) is 0 Å². The molecule has 0 aliphatic rings. The van der Waals surface area contributed by atoms with Crippen LogP contribution in [0.5, 0.6) is 0 Å². The number of aliphatic hydroxyl groups is 1. The van der Waals surface area contributed by atoms with Crippen LogP contribution < -0.4 is 0 Å². The lowest BCUT2D eigenvalue weighted by molar-refractivity contribution is 0.0696. The number of carbonyl (C=O) groups is 1. The second-order valence-electron chi connectivity index (χ2n) is 2.28. The van der Waals surface area contributed by atoms with E-state index in [1.54, 1.807) is 12.1 Å². The van der Waals surface area contributed by atoms with E-state index in [1.165, 1.54) is 6.07 Å². The predicted molar refractivity (Wildman–Crippen MR) is 47.0 cm³/mol. The standard InChI is InChI=1S/C8H7BrO3/c9-7-3-5(4-10)1-2-6(7)8(11)12/h1-3,10H,4H2,(H,11,12). The van der Waals surface area contributed by atoms with Crippen LogP contribution in [0.25, 0.3) is 0 Å². The minimum absolute atomic E-state index is 0.0848. The Hall–Kier alpha value is -0.870. The van der Waals surface area contributed by atoms with Crippen LogP contribution in [0.2, 0.25) is 0 Å². The number of carboxylic acid groups (broad SMARTS) is 1. The molecule has 0 fully saturated rings. The van der Waals surface area contributed by atoms with E-state index in [1.807, 2.05) is 0 Å². The molecule has 3 nitrogen and oxygen atoms in total. The molecule has 0 bridgehead atoms. The van der Waals surface area contributed by atoms with Gasteiger partial charge in [-0.15, -0.1) is 0 Å². The van der Waals surface area contributed by atoms with Crippen molar-refractivity contribution < 1.29 is 15.0 Å². The average molecular weight is 231 g/mol. The lowest BCUT2D eigenvalue weighted by Gasteiger charge is -2.00.